The quantitative estimate of drug-likeness (QED) is 0.183. The number of aromatic amines is 1. The van der Waals surface area contributed by atoms with Crippen LogP contribution in [0.25, 0.3) is 43.1 Å². The molecule has 7 rings (SSSR count). The van der Waals surface area contributed by atoms with Gasteiger partial charge in [0.05, 0.1) is 6.61 Å². The van der Waals surface area contributed by atoms with Crippen molar-refractivity contribution in [3.05, 3.63) is 105 Å². The van der Waals surface area contributed by atoms with Crippen LogP contribution < -0.4 is 11.2 Å². The molecule has 6 aromatic rings. The van der Waals surface area contributed by atoms with E-state index < -0.39 is 42.4 Å². The Morgan fingerprint density at radius 1 is 0.875 bits per heavy atom. The van der Waals surface area contributed by atoms with Crippen LogP contribution in [0.5, 0.6) is 0 Å². The summed E-state index contributed by atoms with van der Waals surface area (Å²) in [7, 11) is 1.37. The van der Waals surface area contributed by atoms with Crippen LogP contribution in [0.1, 0.15) is 17.4 Å². The third-order valence-electron chi connectivity index (χ3n) is 7.86. The van der Waals surface area contributed by atoms with Gasteiger partial charge >= 0.3 is 5.69 Å². The van der Waals surface area contributed by atoms with E-state index in [2.05, 4.69) is 65.4 Å². The monoisotopic (exact) mass is 532 g/mol. The maximum absolute atomic E-state index is 12.7. The van der Waals surface area contributed by atoms with Crippen LogP contribution in [0.2, 0.25) is 0 Å². The Kier molecular flexibility index (Phi) is 5.70. The summed E-state index contributed by atoms with van der Waals surface area (Å²) in [6, 6.07) is 22.8. The molecule has 198 valence electrons. The highest BCUT2D eigenvalue weighted by Crippen LogP contribution is 2.40. The Morgan fingerprint density at radius 3 is 2.20 bits per heavy atom. The highest BCUT2D eigenvalue weighted by molar-refractivity contribution is 6.33. The van der Waals surface area contributed by atoms with Gasteiger partial charge in [0.2, 0.25) is 0 Å². The Hall–Kier alpha value is -4.52. The van der Waals surface area contributed by atoms with Crippen molar-refractivity contribution < 1.29 is 19.7 Å². The largest absolute Gasteiger partial charge is 0.394 e. The number of nitrogens with zero attached hydrogens (tertiary/aromatic N) is 1. The highest BCUT2D eigenvalue weighted by atomic mass is 16.6. The molecule has 40 heavy (non-hydrogen) atoms. The second kappa shape index (κ2) is 9.30. The first kappa shape index (κ1) is 24.5. The summed E-state index contributed by atoms with van der Waals surface area (Å²) in [5, 5.41) is 29.0. The Balaban J connectivity index is 1.38. The van der Waals surface area contributed by atoms with Crippen LogP contribution in [-0.2, 0) is 9.47 Å². The van der Waals surface area contributed by atoms with E-state index in [-0.39, 0.29) is 5.56 Å². The second-order valence-corrected chi connectivity index (χ2v) is 10.00. The van der Waals surface area contributed by atoms with Crippen molar-refractivity contribution in [2.24, 2.45) is 0 Å². The molecule has 0 saturated carbocycles. The third-order valence-corrected chi connectivity index (χ3v) is 7.86. The molecule has 0 amide bonds. The molecule has 5 aromatic carbocycles. The van der Waals surface area contributed by atoms with Gasteiger partial charge in [-0.2, -0.15) is 0 Å². The summed E-state index contributed by atoms with van der Waals surface area (Å²) < 4.78 is 12.1. The molecule has 4 atom stereocenters. The SMILES string of the molecule is CO[C@@H]1[C@H](O)[C@@H](CO)O[C@H]1n1cc(C#Cc2ccc3c4cccc5cccc(c6cccc2c63)c54)c(=O)[nH]c1=O. The zero-order valence-corrected chi connectivity index (χ0v) is 21.4. The van der Waals surface area contributed by atoms with Gasteiger partial charge in [-0.3, -0.25) is 14.3 Å². The summed E-state index contributed by atoms with van der Waals surface area (Å²) in [5.74, 6) is 6.07. The van der Waals surface area contributed by atoms with Crippen LogP contribution in [0.15, 0.2) is 82.5 Å². The number of aliphatic hydroxyl groups is 2. The molecule has 1 aromatic heterocycles. The van der Waals surface area contributed by atoms with E-state index in [0.29, 0.717) is 0 Å². The highest BCUT2D eigenvalue weighted by Gasteiger charge is 2.45. The average molecular weight is 533 g/mol. The molecule has 0 unspecified atom stereocenters. The lowest BCUT2D eigenvalue weighted by molar-refractivity contribution is -0.0625. The summed E-state index contributed by atoms with van der Waals surface area (Å²) in [4.78, 5) is 27.6. The standard InChI is InChI=1S/C32H24N2O6/c1-39-29-28(36)25(16-35)40-31(29)34-15-19(30(37)33-32(34)38)12-11-17-13-14-24-22-9-3-6-18-5-2-8-21(26(18)22)23-10-4-7-20(17)27(23)24/h2-10,13-15,25,28-29,31,35-36H,16H2,1H3,(H,33,37,38)/t25-,28-,29-,31-/m1/s1. The molecule has 0 radical (unpaired) electrons. The molecule has 0 spiro atoms. The predicted molar refractivity (Wildman–Crippen MR) is 153 cm³/mol. The third kappa shape index (κ3) is 3.57. The summed E-state index contributed by atoms with van der Waals surface area (Å²) in [6.45, 7) is -0.452. The molecule has 8 nitrogen and oxygen atoms in total. The molecule has 0 bridgehead atoms. The van der Waals surface area contributed by atoms with Crippen LogP contribution >= 0.6 is 0 Å². The number of rotatable bonds is 3. The smallest absolute Gasteiger partial charge is 0.330 e. The van der Waals surface area contributed by atoms with E-state index in [0.717, 1.165) is 31.7 Å². The van der Waals surface area contributed by atoms with Crippen molar-refractivity contribution in [3.8, 4) is 11.8 Å². The number of ether oxygens (including phenoxy) is 2. The molecule has 8 heteroatoms. The van der Waals surface area contributed by atoms with Gasteiger partial charge in [0.15, 0.2) is 6.23 Å². The number of methoxy groups -OCH3 is 1. The molecule has 0 aliphatic carbocycles. The number of aliphatic hydroxyl groups excluding tert-OH is 2. The molecule has 2 heterocycles. The lowest BCUT2D eigenvalue weighted by Gasteiger charge is -2.20. The zero-order chi connectivity index (χ0) is 27.5. The topological polar surface area (TPSA) is 114 Å². The van der Waals surface area contributed by atoms with Gasteiger partial charge < -0.3 is 19.7 Å². The van der Waals surface area contributed by atoms with Gasteiger partial charge in [-0.15, -0.1) is 0 Å². The lowest BCUT2D eigenvalue weighted by atomic mass is 9.88. The first-order valence-electron chi connectivity index (χ1n) is 12.9. The van der Waals surface area contributed by atoms with Crippen molar-refractivity contribution in [1.29, 1.82) is 0 Å². The van der Waals surface area contributed by atoms with E-state index >= 15 is 0 Å². The van der Waals surface area contributed by atoms with Crippen LogP contribution in [0.3, 0.4) is 0 Å². The number of fused-ring (bicyclic) bond motifs is 2. The van der Waals surface area contributed by atoms with Crippen molar-refractivity contribution in [2.75, 3.05) is 13.7 Å². The Morgan fingerprint density at radius 2 is 1.50 bits per heavy atom. The number of H-pyrrole nitrogens is 1. The van der Waals surface area contributed by atoms with Crippen molar-refractivity contribution in [3.63, 3.8) is 0 Å². The first-order valence-corrected chi connectivity index (χ1v) is 12.9. The van der Waals surface area contributed by atoms with E-state index in [1.54, 1.807) is 0 Å². The number of benzene rings is 5. The minimum Gasteiger partial charge on any atom is -0.394 e. The molecular formula is C32H24N2O6. The van der Waals surface area contributed by atoms with Crippen molar-refractivity contribution in [1.82, 2.24) is 9.55 Å². The average Bonchev–Trinajstić information content (AvgIpc) is 3.30. The summed E-state index contributed by atoms with van der Waals surface area (Å²) >= 11 is 0. The molecular weight excluding hydrogens is 508 g/mol. The maximum atomic E-state index is 12.7. The minimum absolute atomic E-state index is 0.0515. The Labute approximate surface area is 227 Å². The van der Waals surface area contributed by atoms with Gasteiger partial charge in [-0.05, 0) is 49.2 Å². The van der Waals surface area contributed by atoms with E-state index in [4.69, 9.17) is 9.47 Å². The van der Waals surface area contributed by atoms with Gasteiger partial charge in [-0.25, -0.2) is 4.79 Å². The van der Waals surface area contributed by atoms with Crippen molar-refractivity contribution in [2.45, 2.75) is 24.5 Å². The number of nitrogens with one attached hydrogen (secondary N) is 1. The molecule has 3 N–H and O–H groups in total. The zero-order valence-electron chi connectivity index (χ0n) is 21.4. The number of hydrogen-bond acceptors (Lipinski definition) is 6. The normalized spacial score (nSPS) is 21.0. The molecule has 1 aliphatic heterocycles. The van der Waals surface area contributed by atoms with E-state index in [1.165, 1.54) is 34.9 Å². The van der Waals surface area contributed by atoms with Crippen LogP contribution in [0, 0.1) is 11.8 Å². The predicted octanol–water partition coefficient (Wildman–Crippen LogP) is 3.25. The van der Waals surface area contributed by atoms with Gasteiger partial charge in [0.1, 0.15) is 23.9 Å². The summed E-state index contributed by atoms with van der Waals surface area (Å²) in [5.41, 5.74) is -0.575. The van der Waals surface area contributed by atoms with Gasteiger partial charge in [0, 0.05) is 18.9 Å². The van der Waals surface area contributed by atoms with E-state index in [9.17, 15) is 19.8 Å². The minimum atomic E-state index is -1.15. The molecule has 1 fully saturated rings. The second-order valence-electron chi connectivity index (χ2n) is 10.00. The maximum Gasteiger partial charge on any atom is 0.330 e. The number of aromatic nitrogens is 2. The van der Waals surface area contributed by atoms with Crippen molar-refractivity contribution >= 4 is 43.1 Å². The Bertz CT molecular complexity index is 2070. The lowest BCUT2D eigenvalue weighted by Crippen LogP contribution is -2.39. The van der Waals surface area contributed by atoms with Crippen LogP contribution in [-0.4, -0.2) is 51.8 Å². The fourth-order valence-electron chi connectivity index (χ4n) is 6.00. The van der Waals surface area contributed by atoms with Crippen LogP contribution in [0.4, 0.5) is 0 Å². The molecule has 1 aliphatic rings. The van der Waals surface area contributed by atoms with E-state index in [1.807, 2.05) is 18.2 Å². The fraction of sp³-hybridized carbons (Fsp3) is 0.188. The van der Waals surface area contributed by atoms with Gasteiger partial charge in [0.25, 0.3) is 5.56 Å². The summed E-state index contributed by atoms with van der Waals surface area (Å²) in [6.07, 6.45) is -2.75. The molecule has 1 saturated heterocycles. The fourth-order valence-corrected chi connectivity index (χ4v) is 6.00. The van der Waals surface area contributed by atoms with Gasteiger partial charge in [-0.1, -0.05) is 72.5 Å². The number of hydrogen-bond donors (Lipinski definition) is 3. The first-order chi connectivity index (χ1) is 19.5.